The van der Waals surface area contributed by atoms with Gasteiger partial charge in [-0.05, 0) is 19.4 Å². The van der Waals surface area contributed by atoms with E-state index in [9.17, 15) is 0 Å². The maximum absolute atomic E-state index is 4.95. The predicted octanol–water partition coefficient (Wildman–Crippen LogP) is 1.53. The zero-order valence-corrected chi connectivity index (χ0v) is 10.9. The second kappa shape index (κ2) is 8.61. The molecule has 1 aromatic rings. The van der Waals surface area contributed by atoms with E-state index in [0.717, 1.165) is 30.6 Å². The minimum Gasteiger partial charge on any atom is -0.383 e. The Bertz CT molecular complexity index is 278. The first-order chi connectivity index (χ1) is 7.84. The van der Waals surface area contributed by atoms with Gasteiger partial charge in [0.2, 0.25) is 0 Å². The summed E-state index contributed by atoms with van der Waals surface area (Å²) < 4.78 is 7.01. The molecule has 0 aromatic carbocycles. The number of imidazole rings is 1. The molecule has 0 spiro atoms. The zero-order chi connectivity index (χ0) is 11.6. The fourth-order valence-corrected chi connectivity index (χ4v) is 2.24. The number of nitrogens with one attached hydrogen (secondary N) is 1. The summed E-state index contributed by atoms with van der Waals surface area (Å²) in [6.45, 7) is 2.81. The van der Waals surface area contributed by atoms with Crippen LogP contribution in [-0.2, 0) is 11.8 Å². The van der Waals surface area contributed by atoms with Crippen LogP contribution in [0.15, 0.2) is 17.6 Å². The highest BCUT2D eigenvalue weighted by atomic mass is 32.2. The van der Waals surface area contributed by atoms with Crippen LogP contribution in [0, 0.1) is 0 Å². The second-order valence-corrected chi connectivity index (χ2v) is 4.68. The molecule has 4 nitrogen and oxygen atoms in total. The smallest absolute Gasteiger partial charge is 0.167 e. The number of thioether (sulfide) groups is 1. The minimum absolute atomic E-state index is 0.794. The van der Waals surface area contributed by atoms with E-state index in [-0.39, 0.29) is 0 Å². The van der Waals surface area contributed by atoms with Crippen LogP contribution in [0.2, 0.25) is 0 Å². The first kappa shape index (κ1) is 13.5. The van der Waals surface area contributed by atoms with E-state index in [1.807, 2.05) is 31.2 Å². The van der Waals surface area contributed by atoms with Crippen molar-refractivity contribution in [3.05, 3.63) is 12.4 Å². The second-order valence-electron chi connectivity index (χ2n) is 3.62. The normalized spacial score (nSPS) is 10.9. The van der Waals surface area contributed by atoms with Gasteiger partial charge >= 0.3 is 0 Å². The zero-order valence-electron chi connectivity index (χ0n) is 10.1. The lowest BCUT2D eigenvalue weighted by atomic mass is 10.3. The number of ether oxygens (including phenoxy) is 1. The molecule has 0 saturated carbocycles. The number of aromatic nitrogens is 2. The van der Waals surface area contributed by atoms with Gasteiger partial charge in [0.1, 0.15) is 0 Å². The van der Waals surface area contributed by atoms with Crippen LogP contribution in [-0.4, -0.2) is 42.1 Å². The van der Waals surface area contributed by atoms with E-state index < -0.39 is 0 Å². The molecule has 0 aliphatic heterocycles. The molecule has 1 aromatic heterocycles. The summed E-state index contributed by atoms with van der Waals surface area (Å²) in [4.78, 5) is 4.27. The van der Waals surface area contributed by atoms with Crippen molar-refractivity contribution in [2.75, 3.05) is 32.6 Å². The third-order valence-electron chi connectivity index (χ3n) is 2.24. The Morgan fingerprint density at radius 1 is 1.44 bits per heavy atom. The number of hydrogen-bond donors (Lipinski definition) is 1. The average Bonchev–Trinajstić information content (AvgIpc) is 2.68. The van der Waals surface area contributed by atoms with Gasteiger partial charge in [0.25, 0.3) is 0 Å². The molecule has 92 valence electrons. The highest BCUT2D eigenvalue weighted by molar-refractivity contribution is 7.99. The topological polar surface area (TPSA) is 39.1 Å². The van der Waals surface area contributed by atoms with Crippen molar-refractivity contribution in [1.29, 1.82) is 0 Å². The molecular weight excluding hydrogens is 222 g/mol. The van der Waals surface area contributed by atoms with Crippen molar-refractivity contribution in [2.45, 2.75) is 18.0 Å². The molecule has 1 heterocycles. The van der Waals surface area contributed by atoms with Crippen molar-refractivity contribution < 1.29 is 4.74 Å². The first-order valence-electron chi connectivity index (χ1n) is 5.64. The SMILES string of the molecule is COCCNCCCCSc1nccn1C. The lowest BCUT2D eigenvalue weighted by Crippen LogP contribution is -2.20. The number of unbranched alkanes of at least 4 members (excludes halogenated alkanes) is 1. The summed E-state index contributed by atoms with van der Waals surface area (Å²) in [5.74, 6) is 1.14. The molecule has 0 unspecified atom stereocenters. The lowest BCUT2D eigenvalue weighted by Gasteiger charge is -2.04. The van der Waals surface area contributed by atoms with Gasteiger partial charge in [-0.3, -0.25) is 0 Å². The van der Waals surface area contributed by atoms with Crippen LogP contribution >= 0.6 is 11.8 Å². The van der Waals surface area contributed by atoms with Crippen LogP contribution in [0.1, 0.15) is 12.8 Å². The largest absolute Gasteiger partial charge is 0.383 e. The Morgan fingerprint density at radius 2 is 2.31 bits per heavy atom. The molecule has 0 atom stereocenters. The van der Waals surface area contributed by atoms with E-state index in [1.54, 1.807) is 7.11 Å². The molecule has 1 N–H and O–H groups in total. The van der Waals surface area contributed by atoms with Crippen LogP contribution in [0.25, 0.3) is 0 Å². The maximum Gasteiger partial charge on any atom is 0.167 e. The standard InChI is InChI=1S/C11H21N3OS/c1-14-8-6-13-11(14)16-10-4-3-5-12-7-9-15-2/h6,8,12H,3-5,7,9-10H2,1-2H3. The van der Waals surface area contributed by atoms with Crippen molar-refractivity contribution in [3.8, 4) is 0 Å². The Labute approximate surface area is 102 Å². The molecule has 0 saturated heterocycles. The van der Waals surface area contributed by atoms with Crippen LogP contribution in [0.3, 0.4) is 0 Å². The van der Waals surface area contributed by atoms with E-state index in [0.29, 0.717) is 0 Å². The van der Waals surface area contributed by atoms with Crippen LogP contribution in [0.4, 0.5) is 0 Å². The molecule has 5 heteroatoms. The van der Waals surface area contributed by atoms with E-state index in [4.69, 9.17) is 4.74 Å². The highest BCUT2D eigenvalue weighted by Crippen LogP contribution is 2.15. The Morgan fingerprint density at radius 3 is 3.00 bits per heavy atom. The molecule has 16 heavy (non-hydrogen) atoms. The molecular formula is C11H21N3OS. The van der Waals surface area contributed by atoms with Gasteiger partial charge in [-0.2, -0.15) is 0 Å². The van der Waals surface area contributed by atoms with Crippen molar-refractivity contribution in [3.63, 3.8) is 0 Å². The summed E-state index contributed by atoms with van der Waals surface area (Å²) >= 11 is 1.82. The summed E-state index contributed by atoms with van der Waals surface area (Å²) in [6, 6.07) is 0. The number of hydrogen-bond acceptors (Lipinski definition) is 4. The summed E-state index contributed by atoms with van der Waals surface area (Å²) in [5, 5.41) is 4.44. The van der Waals surface area contributed by atoms with Gasteiger partial charge in [-0.25, -0.2) is 4.98 Å². The van der Waals surface area contributed by atoms with Gasteiger partial charge < -0.3 is 14.6 Å². The Balaban J connectivity index is 1.91. The van der Waals surface area contributed by atoms with Gasteiger partial charge in [-0.15, -0.1) is 0 Å². The molecule has 0 aliphatic carbocycles. The first-order valence-corrected chi connectivity index (χ1v) is 6.63. The predicted molar refractivity (Wildman–Crippen MR) is 67.9 cm³/mol. The summed E-state index contributed by atoms with van der Waals surface area (Å²) in [7, 11) is 3.76. The Hall–Kier alpha value is -0.520. The highest BCUT2D eigenvalue weighted by Gasteiger charge is 1.98. The molecule has 0 amide bonds. The molecule has 1 rings (SSSR count). The summed E-state index contributed by atoms with van der Waals surface area (Å²) in [5.41, 5.74) is 0. The fourth-order valence-electron chi connectivity index (χ4n) is 1.31. The summed E-state index contributed by atoms with van der Waals surface area (Å²) in [6.07, 6.45) is 6.25. The molecule has 0 aliphatic rings. The lowest BCUT2D eigenvalue weighted by molar-refractivity contribution is 0.199. The van der Waals surface area contributed by atoms with Crippen LogP contribution < -0.4 is 5.32 Å². The van der Waals surface area contributed by atoms with Crippen molar-refractivity contribution in [1.82, 2.24) is 14.9 Å². The maximum atomic E-state index is 4.95. The molecule has 0 fully saturated rings. The number of rotatable bonds is 9. The van der Waals surface area contributed by atoms with Crippen molar-refractivity contribution >= 4 is 11.8 Å². The minimum atomic E-state index is 0.794. The molecule has 0 bridgehead atoms. The van der Waals surface area contributed by atoms with Crippen LogP contribution in [0.5, 0.6) is 0 Å². The van der Waals surface area contributed by atoms with Gasteiger partial charge in [0.15, 0.2) is 5.16 Å². The average molecular weight is 243 g/mol. The van der Waals surface area contributed by atoms with E-state index in [2.05, 4.69) is 14.9 Å². The van der Waals surface area contributed by atoms with Crippen molar-refractivity contribution in [2.24, 2.45) is 7.05 Å². The van der Waals surface area contributed by atoms with E-state index >= 15 is 0 Å². The monoisotopic (exact) mass is 243 g/mol. The third kappa shape index (κ3) is 5.53. The van der Waals surface area contributed by atoms with E-state index in [1.165, 1.54) is 12.8 Å². The number of nitrogens with zero attached hydrogens (tertiary/aromatic N) is 2. The van der Waals surface area contributed by atoms with Gasteiger partial charge in [-0.1, -0.05) is 11.8 Å². The number of methoxy groups -OCH3 is 1. The fraction of sp³-hybridized carbons (Fsp3) is 0.727. The van der Waals surface area contributed by atoms with Gasteiger partial charge in [0.05, 0.1) is 6.61 Å². The van der Waals surface area contributed by atoms with Gasteiger partial charge in [0, 0.05) is 38.8 Å². The molecule has 0 radical (unpaired) electrons. The third-order valence-corrected chi connectivity index (χ3v) is 3.38. The number of aryl methyl sites for hydroxylation is 1. The Kier molecular flexibility index (Phi) is 7.29. The quantitative estimate of drug-likeness (QED) is 0.527.